The van der Waals surface area contributed by atoms with E-state index in [0.717, 1.165) is 6.42 Å². The Hall–Kier alpha value is -1.26. The van der Waals surface area contributed by atoms with Gasteiger partial charge in [-0.25, -0.2) is 0 Å². The Bertz CT molecular complexity index is 542. The van der Waals surface area contributed by atoms with Crippen LogP contribution in [0.5, 0.6) is 0 Å². The van der Waals surface area contributed by atoms with Gasteiger partial charge in [-0.1, -0.05) is 49.5 Å². The molecule has 1 saturated heterocycles. The molecule has 1 N–H and O–H groups in total. The molecule has 6 heteroatoms. The summed E-state index contributed by atoms with van der Waals surface area (Å²) < 4.78 is 0. The number of carbonyl (C=O) groups is 2. The molecule has 0 radical (unpaired) electrons. The Kier molecular flexibility index (Phi) is 5.12. The van der Waals surface area contributed by atoms with Crippen molar-refractivity contribution in [3.05, 3.63) is 28.2 Å². The summed E-state index contributed by atoms with van der Waals surface area (Å²) in [6.45, 7) is 4.21. The molecule has 2 unspecified atom stereocenters. The van der Waals surface area contributed by atoms with Gasteiger partial charge in [0.05, 0.1) is 15.7 Å². The molecular formula is C15H18Cl2N2O2. The first-order valence-corrected chi connectivity index (χ1v) is 7.76. The minimum absolute atomic E-state index is 0.0447. The van der Waals surface area contributed by atoms with E-state index in [1.54, 1.807) is 18.2 Å². The Morgan fingerprint density at radius 1 is 1.33 bits per heavy atom. The maximum Gasteiger partial charge on any atom is 0.249 e. The van der Waals surface area contributed by atoms with Crippen molar-refractivity contribution < 1.29 is 9.59 Å². The van der Waals surface area contributed by atoms with E-state index >= 15 is 0 Å². The molecule has 0 aromatic heterocycles. The Morgan fingerprint density at radius 2 is 1.95 bits per heavy atom. The number of carbonyl (C=O) groups excluding carboxylic acids is 2. The first-order chi connectivity index (χ1) is 9.95. The van der Waals surface area contributed by atoms with Crippen molar-refractivity contribution in [2.24, 2.45) is 5.92 Å². The third-order valence-corrected chi connectivity index (χ3v) is 4.44. The number of benzene rings is 1. The number of halogens is 2. The number of anilines is 1. The molecule has 1 aliphatic rings. The zero-order valence-corrected chi connectivity index (χ0v) is 13.5. The van der Waals surface area contributed by atoms with Gasteiger partial charge < -0.3 is 10.2 Å². The monoisotopic (exact) mass is 328 g/mol. The van der Waals surface area contributed by atoms with Gasteiger partial charge in [-0.3, -0.25) is 9.59 Å². The number of nitrogens with zero attached hydrogens (tertiary/aromatic N) is 1. The predicted molar refractivity (Wildman–Crippen MR) is 84.8 cm³/mol. The van der Waals surface area contributed by atoms with Gasteiger partial charge in [-0.15, -0.1) is 0 Å². The van der Waals surface area contributed by atoms with Crippen LogP contribution in [0.3, 0.4) is 0 Å². The first-order valence-electron chi connectivity index (χ1n) is 7.00. The third kappa shape index (κ3) is 3.33. The Labute approximate surface area is 134 Å². The molecule has 1 fully saturated rings. The number of nitrogens with one attached hydrogen (secondary N) is 1. The lowest BCUT2D eigenvalue weighted by molar-refractivity contribution is -0.126. The van der Waals surface area contributed by atoms with Crippen LogP contribution in [0.1, 0.15) is 26.7 Å². The second kappa shape index (κ2) is 6.67. The molecule has 4 nitrogen and oxygen atoms in total. The summed E-state index contributed by atoms with van der Waals surface area (Å²) >= 11 is 12.4. The molecule has 114 valence electrons. The summed E-state index contributed by atoms with van der Waals surface area (Å²) in [4.78, 5) is 26.2. The van der Waals surface area contributed by atoms with Crippen molar-refractivity contribution in [2.75, 3.05) is 11.4 Å². The fourth-order valence-corrected chi connectivity index (χ4v) is 2.99. The fraction of sp³-hybridized carbons (Fsp3) is 0.467. The molecule has 0 spiro atoms. The minimum atomic E-state index is -0.544. The summed E-state index contributed by atoms with van der Waals surface area (Å²) in [6, 6.07) is 4.56. The number of hydrogen-bond acceptors (Lipinski definition) is 2. The van der Waals surface area contributed by atoms with Crippen molar-refractivity contribution in [2.45, 2.75) is 32.7 Å². The summed E-state index contributed by atoms with van der Waals surface area (Å²) in [5.41, 5.74) is 0.482. The van der Waals surface area contributed by atoms with Crippen LogP contribution in [0, 0.1) is 5.92 Å². The van der Waals surface area contributed by atoms with Gasteiger partial charge in [0.1, 0.15) is 6.04 Å². The Morgan fingerprint density at radius 3 is 2.52 bits per heavy atom. The standard InChI is InChI=1S/C15H18Cl2N2O2/c1-3-9(2)13-15(21)19(8-7-12(20)18-13)14-10(16)5-4-6-11(14)17/h4-6,9,13H,3,7-8H2,1-2H3,(H,18,20). The molecule has 2 amide bonds. The second-order valence-electron chi connectivity index (χ2n) is 5.24. The van der Waals surface area contributed by atoms with Crippen LogP contribution in [-0.4, -0.2) is 24.4 Å². The molecule has 2 atom stereocenters. The topological polar surface area (TPSA) is 49.4 Å². The van der Waals surface area contributed by atoms with E-state index in [9.17, 15) is 9.59 Å². The van der Waals surface area contributed by atoms with Crippen LogP contribution < -0.4 is 10.2 Å². The predicted octanol–water partition coefficient (Wildman–Crippen LogP) is 3.26. The van der Waals surface area contributed by atoms with Crippen LogP contribution in [0.2, 0.25) is 10.0 Å². The SMILES string of the molecule is CCC(C)C1NC(=O)CCN(c2c(Cl)cccc2Cl)C1=O. The zero-order valence-electron chi connectivity index (χ0n) is 12.0. The molecule has 0 bridgehead atoms. The maximum atomic E-state index is 12.8. The number of amides is 2. The second-order valence-corrected chi connectivity index (χ2v) is 6.06. The van der Waals surface area contributed by atoms with E-state index in [4.69, 9.17) is 23.2 Å². The fourth-order valence-electron chi connectivity index (χ4n) is 2.39. The van der Waals surface area contributed by atoms with Gasteiger partial charge in [0.25, 0.3) is 0 Å². The summed E-state index contributed by atoms with van der Waals surface area (Å²) in [6.07, 6.45) is 1.03. The number of para-hydroxylation sites is 1. The van der Waals surface area contributed by atoms with Gasteiger partial charge in [-0.2, -0.15) is 0 Å². The van der Waals surface area contributed by atoms with Crippen LogP contribution in [0.15, 0.2) is 18.2 Å². The van der Waals surface area contributed by atoms with Gasteiger partial charge in [0, 0.05) is 13.0 Å². The van der Waals surface area contributed by atoms with Crippen molar-refractivity contribution in [3.63, 3.8) is 0 Å². The van der Waals surface area contributed by atoms with E-state index in [0.29, 0.717) is 15.7 Å². The highest BCUT2D eigenvalue weighted by molar-refractivity contribution is 6.40. The molecule has 2 rings (SSSR count). The molecule has 0 aliphatic carbocycles. The molecule has 0 saturated carbocycles. The lowest BCUT2D eigenvalue weighted by atomic mass is 9.98. The first kappa shape index (κ1) is 16.1. The van der Waals surface area contributed by atoms with Gasteiger partial charge in [-0.05, 0) is 18.1 Å². The average molecular weight is 329 g/mol. The largest absolute Gasteiger partial charge is 0.344 e. The van der Waals surface area contributed by atoms with Crippen LogP contribution in [0.25, 0.3) is 0 Å². The molecule has 1 aromatic carbocycles. The summed E-state index contributed by atoms with van der Waals surface area (Å²) in [5, 5.41) is 3.62. The van der Waals surface area contributed by atoms with Gasteiger partial charge >= 0.3 is 0 Å². The highest BCUT2D eigenvalue weighted by atomic mass is 35.5. The van der Waals surface area contributed by atoms with Gasteiger partial charge in [0.2, 0.25) is 11.8 Å². The van der Waals surface area contributed by atoms with E-state index in [1.807, 2.05) is 13.8 Å². The molecular weight excluding hydrogens is 311 g/mol. The maximum absolute atomic E-state index is 12.8. The summed E-state index contributed by atoms with van der Waals surface area (Å²) in [5.74, 6) is -0.243. The van der Waals surface area contributed by atoms with Crippen molar-refractivity contribution in [1.29, 1.82) is 0 Å². The van der Waals surface area contributed by atoms with Crippen molar-refractivity contribution >= 4 is 40.7 Å². The number of rotatable bonds is 3. The van der Waals surface area contributed by atoms with Crippen LogP contribution in [-0.2, 0) is 9.59 Å². The molecule has 21 heavy (non-hydrogen) atoms. The van der Waals surface area contributed by atoms with Crippen molar-refractivity contribution in [1.82, 2.24) is 5.32 Å². The van der Waals surface area contributed by atoms with Crippen molar-refractivity contribution in [3.8, 4) is 0 Å². The zero-order chi connectivity index (χ0) is 15.6. The minimum Gasteiger partial charge on any atom is -0.344 e. The lowest BCUT2D eigenvalue weighted by Crippen LogP contribution is -2.48. The van der Waals surface area contributed by atoms with E-state index < -0.39 is 6.04 Å². The normalized spacial score (nSPS) is 21.0. The van der Waals surface area contributed by atoms with Crippen LogP contribution in [0.4, 0.5) is 5.69 Å². The molecule has 1 heterocycles. The molecule has 1 aromatic rings. The lowest BCUT2D eigenvalue weighted by Gasteiger charge is -2.28. The van der Waals surface area contributed by atoms with E-state index in [1.165, 1.54) is 4.90 Å². The third-order valence-electron chi connectivity index (χ3n) is 3.83. The quantitative estimate of drug-likeness (QED) is 0.925. The summed E-state index contributed by atoms with van der Waals surface area (Å²) in [7, 11) is 0. The Balaban J connectivity index is 2.42. The molecule has 1 aliphatic heterocycles. The number of hydrogen-bond donors (Lipinski definition) is 1. The van der Waals surface area contributed by atoms with Crippen LogP contribution >= 0.6 is 23.2 Å². The highest BCUT2D eigenvalue weighted by Crippen LogP contribution is 2.35. The highest BCUT2D eigenvalue weighted by Gasteiger charge is 2.35. The van der Waals surface area contributed by atoms with E-state index in [-0.39, 0.29) is 30.7 Å². The average Bonchev–Trinajstić information content (AvgIpc) is 2.59. The van der Waals surface area contributed by atoms with E-state index in [2.05, 4.69) is 5.32 Å². The smallest absolute Gasteiger partial charge is 0.249 e. The van der Waals surface area contributed by atoms with Gasteiger partial charge in [0.15, 0.2) is 0 Å².